The van der Waals surface area contributed by atoms with E-state index in [4.69, 9.17) is 75.8 Å². The van der Waals surface area contributed by atoms with E-state index >= 15 is 0 Å². The molecule has 6 rings (SSSR count). The Labute approximate surface area is 731 Å². The van der Waals surface area contributed by atoms with Crippen molar-refractivity contribution in [3.05, 3.63) is 98.3 Å². The number of hydrogen-bond acceptors (Lipinski definition) is 35. The van der Waals surface area contributed by atoms with Crippen molar-refractivity contribution in [3.8, 4) is 11.5 Å². The first-order chi connectivity index (χ1) is 60.6. The Bertz CT molecular complexity index is 3650. The third kappa shape index (κ3) is 43.7. The van der Waals surface area contributed by atoms with Crippen LogP contribution in [-0.4, -0.2) is 359 Å². The zero-order valence-corrected chi connectivity index (χ0v) is 71.6. The molecule has 4 aromatic rings. The lowest BCUT2D eigenvalue weighted by Gasteiger charge is -2.38. The van der Waals surface area contributed by atoms with Crippen molar-refractivity contribution in [2.24, 2.45) is 0 Å². The zero-order valence-electron chi connectivity index (χ0n) is 70.0. The van der Waals surface area contributed by atoms with Gasteiger partial charge in [0.1, 0.15) is 48.3 Å². The molecule has 1 unspecified atom stereocenters. The number of rotatable bonds is 67. The maximum absolute atomic E-state index is 13.2. The molecule has 0 radical (unpaired) electrons. The second kappa shape index (κ2) is 60.6. The number of nitro groups is 1. The number of aliphatic hydroxyl groups excluding tert-OH is 5. The van der Waals surface area contributed by atoms with Gasteiger partial charge in [-0.15, -0.1) is 0 Å². The molecule has 0 saturated carbocycles. The lowest BCUT2D eigenvalue weighted by atomic mass is 9.98. The fraction of sp³-hybridized carbons (Fsp3) is 0.679. The zero-order chi connectivity index (χ0) is 91.3. The summed E-state index contributed by atoms with van der Waals surface area (Å²) in [7, 11) is 1.36. The van der Waals surface area contributed by atoms with Gasteiger partial charge in [-0.2, -0.15) is 26.3 Å². The van der Waals surface area contributed by atoms with Gasteiger partial charge >= 0.3 is 12.4 Å². The number of aliphatic hydroxyl groups is 5. The highest BCUT2D eigenvalue weighted by Gasteiger charge is 2.42. The highest BCUT2D eigenvalue weighted by Crippen LogP contribution is 2.38. The van der Waals surface area contributed by atoms with E-state index in [0.717, 1.165) is 22.4 Å². The van der Waals surface area contributed by atoms with E-state index in [1.807, 2.05) is 24.3 Å². The highest BCUT2D eigenvalue weighted by molar-refractivity contribution is 9.10. The maximum Gasteiger partial charge on any atom is 0.434 e. The molecule has 13 N–H and O–H groups in total. The summed E-state index contributed by atoms with van der Waals surface area (Å²) < 4.78 is 168. The maximum atomic E-state index is 13.2. The second-order valence-electron chi connectivity index (χ2n) is 28.2. The van der Waals surface area contributed by atoms with Crippen LogP contribution in [0.2, 0.25) is 0 Å². The quantitative estimate of drug-likeness (QED) is 0.0126. The molecule has 0 spiro atoms. The van der Waals surface area contributed by atoms with Gasteiger partial charge < -0.3 is 144 Å². The SMILES string of the molecule is COc1cc(C(C)O)c([N+](=O)[O-])cc1OCCCC(=O)N[C@H](CC(=O)NCCOCCOCCNC(=O)CNC(COCCC(=O)NCCOCCOCCOCCOC[C@H]1OC[C@H](Nc2cncc(C(F)(F)F)n2)[C@@H](O)[C@H]1O)COCCC(=O)NCCOCCOCCOCCOC[C@H]1OC[C@H](Nc2cncc(C(F)(F)F)n2)[C@@H](O)[C@H]1O)Cc1ccc(Br)cc1. The van der Waals surface area contributed by atoms with Crippen LogP contribution < -0.4 is 52.0 Å². The number of ether oxygens (including phenoxy) is 16. The van der Waals surface area contributed by atoms with Crippen LogP contribution in [0.5, 0.6) is 11.5 Å². The molecule has 10 atom stereocenters. The number of amides is 5. The topological polar surface area (TPSA) is 525 Å². The van der Waals surface area contributed by atoms with Crippen molar-refractivity contribution in [2.45, 2.75) is 125 Å². The molecule has 126 heavy (non-hydrogen) atoms. The Balaban J connectivity index is 0.794. The van der Waals surface area contributed by atoms with Gasteiger partial charge in [-0.05, 0) is 43.5 Å². The minimum atomic E-state index is -4.72. The molecular weight excluding hydrogens is 1760 g/mol. The Kier molecular flexibility index (Phi) is 51.2. The molecule has 41 nitrogen and oxygen atoms in total. The predicted octanol–water partition coefficient (Wildman–Crippen LogP) is 0.918. The summed E-state index contributed by atoms with van der Waals surface area (Å²) in [6.07, 6.45) is -14.2. The molecule has 48 heteroatoms. The summed E-state index contributed by atoms with van der Waals surface area (Å²) in [5.41, 5.74) is -1.85. The monoisotopic (exact) mass is 1880 g/mol. The molecular formula is C78H116BrF6N13O28. The van der Waals surface area contributed by atoms with Crippen LogP contribution in [0.3, 0.4) is 0 Å². The molecule has 5 amide bonds. The summed E-state index contributed by atoms with van der Waals surface area (Å²) >= 11 is 3.42. The first-order valence-corrected chi connectivity index (χ1v) is 41.6. The summed E-state index contributed by atoms with van der Waals surface area (Å²) in [5.74, 6) is -1.90. The summed E-state index contributed by atoms with van der Waals surface area (Å²) in [6.45, 7) is 5.12. The van der Waals surface area contributed by atoms with Crippen LogP contribution in [0.1, 0.15) is 67.6 Å². The van der Waals surface area contributed by atoms with Crippen molar-refractivity contribution in [1.82, 2.24) is 51.8 Å². The first kappa shape index (κ1) is 107. The molecule has 2 aromatic carbocycles. The van der Waals surface area contributed by atoms with E-state index < -0.39 is 95.6 Å². The van der Waals surface area contributed by atoms with Crippen molar-refractivity contribution in [3.63, 3.8) is 0 Å². The van der Waals surface area contributed by atoms with Gasteiger partial charge in [-0.1, -0.05) is 28.1 Å². The lowest BCUT2D eigenvalue weighted by Crippen LogP contribution is -2.57. The molecule has 2 aliphatic rings. The lowest BCUT2D eigenvalue weighted by molar-refractivity contribution is -0.386. The number of nitro benzene ring substituents is 1. The number of hydrogen-bond donors (Lipinski definition) is 13. The molecule has 4 heterocycles. The van der Waals surface area contributed by atoms with Gasteiger partial charge in [0.2, 0.25) is 29.5 Å². The van der Waals surface area contributed by atoms with Crippen LogP contribution in [-0.2, 0) is 109 Å². The molecule has 0 bridgehead atoms. The van der Waals surface area contributed by atoms with E-state index in [9.17, 15) is 86.0 Å². The van der Waals surface area contributed by atoms with Gasteiger partial charge in [0.15, 0.2) is 22.9 Å². The first-order valence-electron chi connectivity index (χ1n) is 40.8. The van der Waals surface area contributed by atoms with Gasteiger partial charge in [0.05, 0.1) is 258 Å². The molecule has 2 aliphatic heterocycles. The molecule has 0 aliphatic carbocycles. The van der Waals surface area contributed by atoms with Gasteiger partial charge in [0.25, 0.3) is 5.69 Å². The van der Waals surface area contributed by atoms with Crippen molar-refractivity contribution in [1.29, 1.82) is 0 Å². The van der Waals surface area contributed by atoms with E-state index in [1.165, 1.54) is 26.2 Å². The minimum absolute atomic E-state index is 0.00191. The van der Waals surface area contributed by atoms with Crippen LogP contribution in [0.15, 0.2) is 65.7 Å². The summed E-state index contributed by atoms with van der Waals surface area (Å²) in [4.78, 5) is 89.5. The molecule has 710 valence electrons. The average molecular weight is 1880 g/mol. The molecule has 2 aromatic heterocycles. The fourth-order valence-corrected chi connectivity index (χ4v) is 12.0. The normalized spacial score (nSPS) is 18.3. The number of nitrogens with one attached hydrogen (secondary N) is 8. The van der Waals surface area contributed by atoms with Crippen molar-refractivity contribution < 1.29 is 157 Å². The van der Waals surface area contributed by atoms with E-state index in [2.05, 4.69) is 78.4 Å². The number of methoxy groups -OCH3 is 1. The standard InChI is InChI=1S/C78H116BrF6N13O28/c1-51(99)56-38-60(111-2)61(39-59(56)98(109)110)124-15-3-4-70(102)93-54(36-52-5-7-53(79)8-6-52)37-71(103)90-13-20-114-22-23-115-21-14-91-72(104)44-92-55(45-120-16-9-68(100)88-11-18-112-24-26-116-28-30-118-32-34-122-49-62-75(107)73(105)57(47-125-62)94-66-42-86-40-64(96-66)77(80,81)82)46-121-17-10-69(101)89-12-19-113-25-27-117-29-31-119-33-35-123-50-63-76(108)74(106)58(48-126-63)95-67-43-87-41-65(97-67)78(83,84)85/h5-8,38-43,51,54-55,57-58,62-63,73-76,92,99,105-108H,3-4,9-37,44-50H2,1-2H3,(H,88,100)(H,89,101)(H,90,103)(H,91,104)(H,93,102)(H,94,96)(H,95,97)/t51?,54-,57-,58-,62+,63+,73+,74+,75-,76-/m0/s1. The van der Waals surface area contributed by atoms with Gasteiger partial charge in [-0.3, -0.25) is 44.1 Å². The number of halogens is 7. The number of carbonyl (C=O) groups excluding carboxylic acids is 5. The fourth-order valence-electron chi connectivity index (χ4n) is 11.8. The second-order valence-corrected chi connectivity index (χ2v) is 29.1. The Hall–Kier alpha value is -8.19. The number of alkyl halides is 6. The summed E-state index contributed by atoms with van der Waals surface area (Å²) in [6, 6.07) is 6.89. The van der Waals surface area contributed by atoms with E-state index in [1.54, 1.807) is 0 Å². The Morgan fingerprint density at radius 3 is 1.37 bits per heavy atom. The molecule has 2 fully saturated rings. The largest absolute Gasteiger partial charge is 0.493 e. The smallest absolute Gasteiger partial charge is 0.434 e. The number of nitrogens with zero attached hydrogens (tertiary/aromatic N) is 5. The molecule has 2 saturated heterocycles. The van der Waals surface area contributed by atoms with E-state index in [0.29, 0.717) is 18.8 Å². The predicted molar refractivity (Wildman–Crippen MR) is 435 cm³/mol. The number of aromatic nitrogens is 4. The van der Waals surface area contributed by atoms with Crippen molar-refractivity contribution >= 4 is 62.8 Å². The van der Waals surface area contributed by atoms with Crippen molar-refractivity contribution in [2.75, 3.05) is 229 Å². The highest BCUT2D eigenvalue weighted by atomic mass is 79.9. The minimum Gasteiger partial charge on any atom is -0.493 e. The van der Waals surface area contributed by atoms with Gasteiger partial charge in [-0.25, -0.2) is 9.97 Å². The number of benzene rings is 2. The van der Waals surface area contributed by atoms with Crippen LogP contribution in [0.4, 0.5) is 43.7 Å². The average Bonchev–Trinajstić information content (AvgIpc) is 0.807. The van der Waals surface area contributed by atoms with Crippen LogP contribution in [0, 0.1) is 10.1 Å². The summed E-state index contributed by atoms with van der Waals surface area (Å²) in [5, 5.41) is 86.3. The third-order valence-electron chi connectivity index (χ3n) is 18.3. The van der Waals surface area contributed by atoms with E-state index in [-0.39, 0.29) is 307 Å². The Morgan fingerprint density at radius 1 is 0.524 bits per heavy atom. The number of anilines is 2. The Morgan fingerprint density at radius 2 is 0.944 bits per heavy atom. The number of carbonyl (C=O) groups is 5. The van der Waals surface area contributed by atoms with Crippen LogP contribution in [0.25, 0.3) is 0 Å². The third-order valence-corrected chi connectivity index (χ3v) is 18.8. The van der Waals surface area contributed by atoms with Gasteiger partial charge in [0, 0.05) is 62.4 Å². The van der Waals surface area contributed by atoms with Crippen LogP contribution >= 0.6 is 15.9 Å².